The van der Waals surface area contributed by atoms with E-state index < -0.39 is 0 Å². The standard InChI is InChI=1S/C19H18ClN3O2/c20-17-6-8-18(9-7-17)25-11-10-21-19(24)16-12-22-23(14-16)13-15-4-2-1-3-5-15/h1-9,12,14H,10-11,13H2,(H,21,24). The van der Waals surface area contributed by atoms with E-state index in [0.29, 0.717) is 36.0 Å². The summed E-state index contributed by atoms with van der Waals surface area (Å²) in [6, 6.07) is 17.1. The van der Waals surface area contributed by atoms with Gasteiger partial charge in [-0.05, 0) is 29.8 Å². The largest absolute Gasteiger partial charge is 0.492 e. The average molecular weight is 356 g/mol. The molecule has 0 aliphatic rings. The van der Waals surface area contributed by atoms with E-state index in [2.05, 4.69) is 10.4 Å². The Labute approximate surface area is 151 Å². The Morgan fingerprint density at radius 2 is 1.88 bits per heavy atom. The second-order valence-electron chi connectivity index (χ2n) is 5.47. The normalized spacial score (nSPS) is 10.4. The summed E-state index contributed by atoms with van der Waals surface area (Å²) in [5, 5.41) is 7.70. The molecule has 1 heterocycles. The van der Waals surface area contributed by atoms with Crippen molar-refractivity contribution in [3.63, 3.8) is 0 Å². The van der Waals surface area contributed by atoms with Crippen LogP contribution in [0.25, 0.3) is 0 Å². The van der Waals surface area contributed by atoms with Crippen LogP contribution in [-0.4, -0.2) is 28.8 Å². The van der Waals surface area contributed by atoms with E-state index >= 15 is 0 Å². The van der Waals surface area contributed by atoms with Crippen molar-refractivity contribution in [1.29, 1.82) is 0 Å². The molecule has 0 aliphatic heterocycles. The molecule has 25 heavy (non-hydrogen) atoms. The molecule has 2 aromatic carbocycles. The van der Waals surface area contributed by atoms with E-state index in [1.54, 1.807) is 41.3 Å². The van der Waals surface area contributed by atoms with Crippen LogP contribution in [0, 0.1) is 0 Å². The SMILES string of the molecule is O=C(NCCOc1ccc(Cl)cc1)c1cnn(Cc2ccccc2)c1. The molecule has 1 amide bonds. The lowest BCUT2D eigenvalue weighted by molar-refractivity contribution is 0.0947. The molecule has 0 fully saturated rings. The molecule has 128 valence electrons. The molecule has 0 saturated heterocycles. The summed E-state index contributed by atoms with van der Waals surface area (Å²) in [6.07, 6.45) is 3.31. The Kier molecular flexibility index (Phi) is 5.69. The van der Waals surface area contributed by atoms with Crippen molar-refractivity contribution < 1.29 is 9.53 Å². The maximum absolute atomic E-state index is 12.1. The van der Waals surface area contributed by atoms with Gasteiger partial charge in [-0.15, -0.1) is 0 Å². The van der Waals surface area contributed by atoms with Gasteiger partial charge in [-0.2, -0.15) is 5.10 Å². The number of rotatable bonds is 7. The highest BCUT2D eigenvalue weighted by molar-refractivity contribution is 6.30. The second-order valence-corrected chi connectivity index (χ2v) is 5.91. The van der Waals surface area contributed by atoms with Crippen molar-refractivity contribution in [2.75, 3.05) is 13.2 Å². The number of amides is 1. The van der Waals surface area contributed by atoms with Crippen molar-refractivity contribution >= 4 is 17.5 Å². The molecule has 1 aromatic heterocycles. The molecule has 0 saturated carbocycles. The van der Waals surface area contributed by atoms with Crippen LogP contribution in [0.2, 0.25) is 5.02 Å². The van der Waals surface area contributed by atoms with Crippen LogP contribution in [-0.2, 0) is 6.54 Å². The van der Waals surface area contributed by atoms with E-state index in [4.69, 9.17) is 16.3 Å². The third-order valence-corrected chi connectivity index (χ3v) is 3.80. The van der Waals surface area contributed by atoms with Gasteiger partial charge in [0.1, 0.15) is 12.4 Å². The van der Waals surface area contributed by atoms with Crippen LogP contribution in [0.5, 0.6) is 5.75 Å². The zero-order chi connectivity index (χ0) is 17.5. The summed E-state index contributed by atoms with van der Waals surface area (Å²) < 4.78 is 7.28. The molecule has 0 bridgehead atoms. The Morgan fingerprint density at radius 1 is 1.12 bits per heavy atom. The lowest BCUT2D eigenvalue weighted by atomic mass is 10.2. The highest BCUT2D eigenvalue weighted by Gasteiger charge is 2.08. The van der Waals surface area contributed by atoms with Crippen LogP contribution in [0.4, 0.5) is 0 Å². The molecular weight excluding hydrogens is 338 g/mol. The van der Waals surface area contributed by atoms with Gasteiger partial charge in [-0.1, -0.05) is 41.9 Å². The number of hydrogen-bond donors (Lipinski definition) is 1. The average Bonchev–Trinajstić information content (AvgIpc) is 3.09. The minimum Gasteiger partial charge on any atom is -0.492 e. The van der Waals surface area contributed by atoms with Gasteiger partial charge in [0, 0.05) is 11.2 Å². The van der Waals surface area contributed by atoms with E-state index in [1.165, 1.54) is 0 Å². The summed E-state index contributed by atoms with van der Waals surface area (Å²) in [5.41, 5.74) is 1.66. The van der Waals surface area contributed by atoms with Gasteiger partial charge in [-0.25, -0.2) is 0 Å². The fourth-order valence-electron chi connectivity index (χ4n) is 2.30. The minimum atomic E-state index is -0.168. The zero-order valence-electron chi connectivity index (χ0n) is 13.6. The van der Waals surface area contributed by atoms with Crippen LogP contribution >= 0.6 is 11.6 Å². The summed E-state index contributed by atoms with van der Waals surface area (Å²) in [5.74, 6) is 0.549. The van der Waals surface area contributed by atoms with E-state index in [1.807, 2.05) is 30.3 Å². The number of hydrogen-bond acceptors (Lipinski definition) is 3. The van der Waals surface area contributed by atoms with Gasteiger partial charge in [0.05, 0.1) is 24.8 Å². The monoisotopic (exact) mass is 355 g/mol. The maximum Gasteiger partial charge on any atom is 0.254 e. The summed E-state index contributed by atoms with van der Waals surface area (Å²) in [6.45, 7) is 1.42. The van der Waals surface area contributed by atoms with E-state index in [0.717, 1.165) is 5.56 Å². The molecule has 0 radical (unpaired) electrons. The van der Waals surface area contributed by atoms with Gasteiger partial charge in [0.2, 0.25) is 0 Å². The van der Waals surface area contributed by atoms with Crippen LogP contribution in [0.3, 0.4) is 0 Å². The number of benzene rings is 2. The predicted molar refractivity (Wildman–Crippen MR) is 97.1 cm³/mol. The fourth-order valence-corrected chi connectivity index (χ4v) is 2.43. The Balaban J connectivity index is 1.44. The molecule has 0 unspecified atom stereocenters. The van der Waals surface area contributed by atoms with Crippen LogP contribution in [0.15, 0.2) is 67.0 Å². The number of nitrogens with one attached hydrogen (secondary N) is 1. The fraction of sp³-hybridized carbons (Fsp3) is 0.158. The van der Waals surface area contributed by atoms with E-state index in [9.17, 15) is 4.79 Å². The third-order valence-electron chi connectivity index (χ3n) is 3.55. The van der Waals surface area contributed by atoms with Gasteiger partial charge >= 0.3 is 0 Å². The molecule has 3 aromatic rings. The summed E-state index contributed by atoms with van der Waals surface area (Å²) in [4.78, 5) is 12.1. The van der Waals surface area contributed by atoms with E-state index in [-0.39, 0.29) is 5.91 Å². The predicted octanol–water partition coefficient (Wildman–Crippen LogP) is 3.39. The molecule has 3 rings (SSSR count). The first-order valence-electron chi connectivity index (χ1n) is 7.94. The Hall–Kier alpha value is -2.79. The summed E-state index contributed by atoms with van der Waals surface area (Å²) in [7, 11) is 0. The number of carbonyl (C=O) groups is 1. The van der Waals surface area contributed by atoms with Crippen LogP contribution < -0.4 is 10.1 Å². The lowest BCUT2D eigenvalue weighted by Gasteiger charge is -2.07. The molecule has 0 atom stereocenters. The van der Waals surface area contributed by atoms with Crippen molar-refractivity contribution in [3.05, 3.63) is 83.1 Å². The quantitative estimate of drug-likeness (QED) is 0.661. The smallest absolute Gasteiger partial charge is 0.254 e. The first-order chi connectivity index (χ1) is 12.2. The number of carbonyl (C=O) groups excluding carboxylic acids is 1. The highest BCUT2D eigenvalue weighted by atomic mass is 35.5. The number of nitrogens with zero attached hydrogens (tertiary/aromatic N) is 2. The molecular formula is C19H18ClN3O2. The highest BCUT2D eigenvalue weighted by Crippen LogP contribution is 2.15. The topological polar surface area (TPSA) is 56.1 Å². The lowest BCUT2D eigenvalue weighted by Crippen LogP contribution is -2.27. The molecule has 5 nitrogen and oxygen atoms in total. The molecule has 0 spiro atoms. The van der Waals surface area contributed by atoms with Gasteiger partial charge in [-0.3, -0.25) is 9.48 Å². The number of halogens is 1. The van der Waals surface area contributed by atoms with Gasteiger partial charge in [0.25, 0.3) is 5.91 Å². The molecule has 0 aliphatic carbocycles. The van der Waals surface area contributed by atoms with Gasteiger partial charge in [0.15, 0.2) is 0 Å². The number of aromatic nitrogens is 2. The van der Waals surface area contributed by atoms with Crippen molar-refractivity contribution in [1.82, 2.24) is 15.1 Å². The summed E-state index contributed by atoms with van der Waals surface area (Å²) >= 11 is 5.81. The Bertz CT molecular complexity index is 816. The molecule has 6 heteroatoms. The zero-order valence-corrected chi connectivity index (χ0v) is 14.3. The third kappa shape index (κ3) is 5.09. The van der Waals surface area contributed by atoms with Crippen molar-refractivity contribution in [2.24, 2.45) is 0 Å². The minimum absolute atomic E-state index is 0.168. The first kappa shape index (κ1) is 17.0. The van der Waals surface area contributed by atoms with Crippen molar-refractivity contribution in [3.8, 4) is 5.75 Å². The van der Waals surface area contributed by atoms with Crippen LogP contribution in [0.1, 0.15) is 15.9 Å². The van der Waals surface area contributed by atoms with Gasteiger partial charge < -0.3 is 10.1 Å². The number of ether oxygens (including phenoxy) is 1. The maximum atomic E-state index is 12.1. The Morgan fingerprint density at radius 3 is 2.64 bits per heavy atom. The van der Waals surface area contributed by atoms with Crippen molar-refractivity contribution in [2.45, 2.75) is 6.54 Å². The molecule has 1 N–H and O–H groups in total. The second kappa shape index (κ2) is 8.35. The first-order valence-corrected chi connectivity index (χ1v) is 8.31.